The summed E-state index contributed by atoms with van der Waals surface area (Å²) in [6.45, 7) is 6.89. The largest absolute Gasteiger partial charge is 0.376 e. The van der Waals surface area contributed by atoms with Crippen LogP contribution in [0.5, 0.6) is 0 Å². The minimum absolute atomic E-state index is 0.0129. The van der Waals surface area contributed by atoms with Crippen molar-refractivity contribution in [2.45, 2.75) is 45.8 Å². The summed E-state index contributed by atoms with van der Waals surface area (Å²) in [6.07, 6.45) is 2.29. The van der Waals surface area contributed by atoms with Gasteiger partial charge in [-0.3, -0.25) is 4.79 Å². The van der Waals surface area contributed by atoms with Gasteiger partial charge in [0.05, 0.1) is 12.1 Å². The molecular weight excluding hydrogens is 226 g/mol. The summed E-state index contributed by atoms with van der Waals surface area (Å²) in [5, 5.41) is 3.02. The number of hydrogen-bond donors (Lipinski definition) is 1. The van der Waals surface area contributed by atoms with Gasteiger partial charge in [0.2, 0.25) is 0 Å². The van der Waals surface area contributed by atoms with E-state index < -0.39 is 0 Å². The molecule has 1 aromatic rings. The molecule has 3 heteroatoms. The van der Waals surface area contributed by atoms with Crippen LogP contribution in [-0.2, 0) is 4.74 Å². The molecule has 0 aromatic heterocycles. The van der Waals surface area contributed by atoms with Crippen LogP contribution in [0.25, 0.3) is 0 Å². The lowest BCUT2D eigenvalue weighted by Gasteiger charge is -2.20. The van der Waals surface area contributed by atoms with E-state index >= 15 is 0 Å². The van der Waals surface area contributed by atoms with Crippen LogP contribution in [0.2, 0.25) is 0 Å². The zero-order valence-electron chi connectivity index (χ0n) is 11.3. The first kappa shape index (κ1) is 13.1. The highest BCUT2D eigenvalue weighted by atomic mass is 16.5. The molecule has 2 atom stereocenters. The number of carbonyl (C=O) groups excluding carboxylic acids is 1. The van der Waals surface area contributed by atoms with Crippen LogP contribution in [0.15, 0.2) is 18.2 Å². The van der Waals surface area contributed by atoms with Gasteiger partial charge in [0.15, 0.2) is 0 Å². The first-order chi connectivity index (χ1) is 8.58. The minimum atomic E-state index is -0.0129. The molecule has 0 bridgehead atoms. The lowest BCUT2D eigenvalue weighted by molar-refractivity contribution is 0.0712. The first-order valence-corrected chi connectivity index (χ1v) is 6.57. The van der Waals surface area contributed by atoms with Gasteiger partial charge in [-0.15, -0.1) is 0 Å². The van der Waals surface area contributed by atoms with Crippen LogP contribution in [-0.4, -0.2) is 24.7 Å². The molecule has 1 aliphatic rings. The maximum absolute atomic E-state index is 12.1. The van der Waals surface area contributed by atoms with E-state index in [9.17, 15) is 4.79 Å². The van der Waals surface area contributed by atoms with Gasteiger partial charge < -0.3 is 10.1 Å². The van der Waals surface area contributed by atoms with Crippen molar-refractivity contribution in [1.82, 2.24) is 5.32 Å². The van der Waals surface area contributed by atoms with E-state index in [0.717, 1.165) is 30.6 Å². The molecule has 1 saturated heterocycles. The van der Waals surface area contributed by atoms with Gasteiger partial charge >= 0.3 is 0 Å². The van der Waals surface area contributed by atoms with Crippen molar-refractivity contribution in [3.05, 3.63) is 34.9 Å². The second kappa shape index (κ2) is 5.53. The molecule has 1 N–H and O–H groups in total. The molecule has 0 aliphatic carbocycles. The Morgan fingerprint density at radius 3 is 2.78 bits per heavy atom. The summed E-state index contributed by atoms with van der Waals surface area (Å²) in [4.78, 5) is 12.1. The van der Waals surface area contributed by atoms with Crippen molar-refractivity contribution < 1.29 is 9.53 Å². The number of amides is 1. The standard InChI is InChI=1S/C15H21NO2/c1-10-6-7-13(9-11(10)2)15(17)16-12(3)14-5-4-8-18-14/h6-7,9,12,14H,4-5,8H2,1-3H3,(H,16,17)/t12-,14+/m1/s1. The topological polar surface area (TPSA) is 38.3 Å². The van der Waals surface area contributed by atoms with Gasteiger partial charge in [-0.05, 0) is 56.9 Å². The Morgan fingerprint density at radius 1 is 1.39 bits per heavy atom. The van der Waals surface area contributed by atoms with Crippen LogP contribution in [0.3, 0.4) is 0 Å². The number of ether oxygens (including phenoxy) is 1. The maximum atomic E-state index is 12.1. The minimum Gasteiger partial charge on any atom is -0.376 e. The van der Waals surface area contributed by atoms with E-state index in [1.165, 1.54) is 5.56 Å². The van der Waals surface area contributed by atoms with Crippen LogP contribution in [0.1, 0.15) is 41.3 Å². The number of carbonyl (C=O) groups is 1. The van der Waals surface area contributed by atoms with Gasteiger partial charge in [-0.25, -0.2) is 0 Å². The molecular formula is C15H21NO2. The fourth-order valence-electron chi connectivity index (χ4n) is 2.26. The molecule has 1 heterocycles. The Labute approximate surface area is 109 Å². The Balaban J connectivity index is 2.00. The summed E-state index contributed by atoms with van der Waals surface area (Å²) in [7, 11) is 0. The summed E-state index contributed by atoms with van der Waals surface area (Å²) in [6, 6.07) is 5.87. The fourth-order valence-corrected chi connectivity index (χ4v) is 2.26. The van der Waals surface area contributed by atoms with Gasteiger partial charge in [0.1, 0.15) is 0 Å². The van der Waals surface area contributed by atoms with Crippen molar-refractivity contribution in [3.8, 4) is 0 Å². The van der Waals surface area contributed by atoms with E-state index in [1.54, 1.807) is 0 Å². The Kier molecular flexibility index (Phi) is 4.02. The second-order valence-corrected chi connectivity index (χ2v) is 5.11. The zero-order valence-corrected chi connectivity index (χ0v) is 11.3. The number of rotatable bonds is 3. The van der Waals surface area contributed by atoms with Crippen LogP contribution >= 0.6 is 0 Å². The van der Waals surface area contributed by atoms with E-state index in [0.29, 0.717) is 0 Å². The molecule has 0 spiro atoms. The van der Waals surface area contributed by atoms with Crippen molar-refractivity contribution in [3.63, 3.8) is 0 Å². The summed E-state index contributed by atoms with van der Waals surface area (Å²) in [5.41, 5.74) is 3.08. The SMILES string of the molecule is Cc1ccc(C(=O)N[C@H](C)[C@@H]2CCCO2)cc1C. The van der Waals surface area contributed by atoms with E-state index in [1.807, 2.05) is 39.0 Å². The summed E-state index contributed by atoms with van der Waals surface area (Å²) >= 11 is 0. The highest BCUT2D eigenvalue weighted by Crippen LogP contribution is 2.16. The van der Waals surface area contributed by atoms with E-state index in [4.69, 9.17) is 4.74 Å². The van der Waals surface area contributed by atoms with Crippen LogP contribution < -0.4 is 5.32 Å². The molecule has 0 unspecified atom stereocenters. The molecule has 1 aromatic carbocycles. The lowest BCUT2D eigenvalue weighted by atomic mass is 10.0. The number of hydrogen-bond acceptors (Lipinski definition) is 2. The van der Waals surface area contributed by atoms with Crippen molar-refractivity contribution >= 4 is 5.91 Å². The molecule has 3 nitrogen and oxygen atoms in total. The smallest absolute Gasteiger partial charge is 0.251 e. The van der Waals surface area contributed by atoms with Gasteiger partial charge in [0, 0.05) is 12.2 Å². The number of aryl methyl sites for hydroxylation is 2. The molecule has 1 amide bonds. The third kappa shape index (κ3) is 2.91. The molecule has 18 heavy (non-hydrogen) atoms. The predicted octanol–water partition coefficient (Wildman–Crippen LogP) is 2.60. The monoisotopic (exact) mass is 247 g/mol. The molecule has 1 fully saturated rings. The molecule has 2 rings (SSSR count). The predicted molar refractivity (Wildman–Crippen MR) is 71.8 cm³/mol. The fraction of sp³-hybridized carbons (Fsp3) is 0.533. The average Bonchev–Trinajstić information content (AvgIpc) is 2.86. The van der Waals surface area contributed by atoms with Gasteiger partial charge in [-0.1, -0.05) is 6.07 Å². The molecule has 0 saturated carbocycles. The van der Waals surface area contributed by atoms with E-state index in [-0.39, 0.29) is 18.1 Å². The lowest BCUT2D eigenvalue weighted by Crippen LogP contribution is -2.40. The van der Waals surface area contributed by atoms with E-state index in [2.05, 4.69) is 5.32 Å². The Hall–Kier alpha value is -1.35. The summed E-state index contributed by atoms with van der Waals surface area (Å²) < 4.78 is 5.58. The quantitative estimate of drug-likeness (QED) is 0.891. The summed E-state index contributed by atoms with van der Waals surface area (Å²) in [5.74, 6) is -0.0129. The van der Waals surface area contributed by atoms with Crippen molar-refractivity contribution in [2.24, 2.45) is 0 Å². The Morgan fingerprint density at radius 2 is 2.17 bits per heavy atom. The van der Waals surface area contributed by atoms with Crippen molar-refractivity contribution in [2.75, 3.05) is 6.61 Å². The normalized spacial score (nSPS) is 20.7. The van der Waals surface area contributed by atoms with Crippen LogP contribution in [0, 0.1) is 13.8 Å². The zero-order chi connectivity index (χ0) is 13.1. The van der Waals surface area contributed by atoms with Gasteiger partial charge in [0.25, 0.3) is 5.91 Å². The second-order valence-electron chi connectivity index (χ2n) is 5.11. The third-order valence-corrected chi connectivity index (χ3v) is 3.65. The highest BCUT2D eigenvalue weighted by Gasteiger charge is 2.23. The van der Waals surface area contributed by atoms with Crippen LogP contribution in [0.4, 0.5) is 0 Å². The molecule has 98 valence electrons. The Bertz CT molecular complexity index is 436. The maximum Gasteiger partial charge on any atom is 0.251 e. The first-order valence-electron chi connectivity index (χ1n) is 6.57. The molecule has 1 aliphatic heterocycles. The van der Waals surface area contributed by atoms with Gasteiger partial charge in [-0.2, -0.15) is 0 Å². The number of benzene rings is 1. The number of nitrogens with one attached hydrogen (secondary N) is 1. The third-order valence-electron chi connectivity index (χ3n) is 3.65. The average molecular weight is 247 g/mol. The molecule has 0 radical (unpaired) electrons. The highest BCUT2D eigenvalue weighted by molar-refractivity contribution is 5.94. The van der Waals surface area contributed by atoms with Crippen molar-refractivity contribution in [1.29, 1.82) is 0 Å².